The van der Waals surface area contributed by atoms with Gasteiger partial charge < -0.3 is 15.4 Å². The topological polar surface area (TPSA) is 72.6 Å². The summed E-state index contributed by atoms with van der Waals surface area (Å²) in [5.41, 5.74) is 5.72. The van der Waals surface area contributed by atoms with Crippen molar-refractivity contribution in [1.82, 2.24) is 4.90 Å². The molecule has 0 unspecified atom stereocenters. The van der Waals surface area contributed by atoms with E-state index in [-0.39, 0.29) is 12.0 Å². The van der Waals surface area contributed by atoms with Crippen molar-refractivity contribution in [2.24, 2.45) is 11.7 Å². The van der Waals surface area contributed by atoms with Crippen molar-refractivity contribution >= 4 is 11.9 Å². The van der Waals surface area contributed by atoms with E-state index in [1.165, 1.54) is 6.20 Å². The number of nitrogens with two attached hydrogens (primary N) is 1. The molecule has 0 aromatic rings. The van der Waals surface area contributed by atoms with Gasteiger partial charge in [-0.15, -0.1) is 0 Å². The molecule has 0 radical (unpaired) electrons. The zero-order chi connectivity index (χ0) is 13.9. The van der Waals surface area contributed by atoms with Gasteiger partial charge in [-0.05, 0) is 5.92 Å². The summed E-state index contributed by atoms with van der Waals surface area (Å²) in [4.78, 5) is 22.9. The molecule has 8 heteroatoms. The first-order valence-electron chi connectivity index (χ1n) is 5.21. The van der Waals surface area contributed by atoms with Gasteiger partial charge in [0, 0.05) is 31.4 Å². The van der Waals surface area contributed by atoms with Gasteiger partial charge in [-0.3, -0.25) is 0 Å². The summed E-state index contributed by atoms with van der Waals surface area (Å²) in [6, 6.07) is -0.0533. The molecule has 0 aromatic heterocycles. The Kier molecular flexibility index (Phi) is 4.33. The Balaban J connectivity index is 2.44. The Morgan fingerprint density at radius 2 is 2.00 bits per heavy atom. The van der Waals surface area contributed by atoms with Crippen LogP contribution in [0.1, 0.15) is 6.92 Å². The first-order valence-corrected chi connectivity index (χ1v) is 5.21. The maximum Gasteiger partial charge on any atom is 0.491 e. The molecule has 0 aliphatic carbocycles. The highest BCUT2D eigenvalue weighted by Gasteiger charge is 2.42. The molecule has 2 atom stereocenters. The lowest BCUT2D eigenvalue weighted by Crippen LogP contribution is -2.28. The number of hydrogen-bond acceptors (Lipinski definition) is 5. The van der Waals surface area contributed by atoms with Crippen molar-refractivity contribution in [3.8, 4) is 0 Å². The van der Waals surface area contributed by atoms with Crippen LogP contribution in [0.4, 0.5) is 13.2 Å². The van der Waals surface area contributed by atoms with Gasteiger partial charge >= 0.3 is 18.1 Å². The second-order valence-electron chi connectivity index (χ2n) is 4.12. The lowest BCUT2D eigenvalue weighted by molar-refractivity contribution is -0.200. The monoisotopic (exact) mass is 266 g/mol. The molecule has 2 N–H and O–H groups in total. The predicted molar refractivity (Wildman–Crippen MR) is 55.0 cm³/mol. The van der Waals surface area contributed by atoms with E-state index >= 15 is 0 Å². The standard InChI is InChI=1S/C10H13F3N2O3/c1-6-4-15(5-7(6)14)3-2-8(16)18-9(17)10(11,12)13/h2-3,6-7H,4-5,14H2,1H3/t6-,7+/m1/s1. The van der Waals surface area contributed by atoms with E-state index in [9.17, 15) is 22.8 Å². The second kappa shape index (κ2) is 5.38. The number of likely N-dealkylation sites (tertiary alicyclic amines) is 1. The van der Waals surface area contributed by atoms with Crippen LogP contribution in [0.2, 0.25) is 0 Å². The summed E-state index contributed by atoms with van der Waals surface area (Å²) in [5, 5.41) is 0. The van der Waals surface area contributed by atoms with Crippen LogP contribution in [0, 0.1) is 5.92 Å². The summed E-state index contributed by atoms with van der Waals surface area (Å²) in [6.07, 6.45) is -3.13. The summed E-state index contributed by atoms with van der Waals surface area (Å²) in [6.45, 7) is 3.01. The molecule has 1 saturated heterocycles. The fourth-order valence-electron chi connectivity index (χ4n) is 1.50. The van der Waals surface area contributed by atoms with E-state index in [4.69, 9.17) is 5.73 Å². The molecule has 5 nitrogen and oxygen atoms in total. The van der Waals surface area contributed by atoms with Gasteiger partial charge in [-0.25, -0.2) is 9.59 Å². The first kappa shape index (κ1) is 14.5. The fraction of sp³-hybridized carbons (Fsp3) is 0.600. The summed E-state index contributed by atoms with van der Waals surface area (Å²) >= 11 is 0. The van der Waals surface area contributed by atoms with Crippen LogP contribution in [0.5, 0.6) is 0 Å². The maximum atomic E-state index is 11.8. The Labute approximate surface area is 101 Å². The van der Waals surface area contributed by atoms with E-state index in [1.54, 1.807) is 4.90 Å². The molecule has 1 heterocycles. The Morgan fingerprint density at radius 3 is 2.44 bits per heavy atom. The zero-order valence-electron chi connectivity index (χ0n) is 9.61. The minimum atomic E-state index is -5.17. The van der Waals surface area contributed by atoms with E-state index in [0.717, 1.165) is 6.08 Å². The summed E-state index contributed by atoms with van der Waals surface area (Å²) in [5.74, 6) is -3.66. The van der Waals surface area contributed by atoms with E-state index < -0.39 is 18.1 Å². The van der Waals surface area contributed by atoms with Crippen LogP contribution in [-0.4, -0.2) is 42.1 Å². The number of esters is 2. The van der Waals surface area contributed by atoms with Crippen LogP contribution in [0.15, 0.2) is 12.3 Å². The quantitative estimate of drug-likeness (QED) is 0.445. The van der Waals surface area contributed by atoms with Crippen molar-refractivity contribution in [2.45, 2.75) is 19.1 Å². The molecule has 1 fully saturated rings. The van der Waals surface area contributed by atoms with Gasteiger partial charge in [0.15, 0.2) is 0 Å². The number of carbonyl (C=O) groups is 2. The highest BCUT2D eigenvalue weighted by Crippen LogP contribution is 2.17. The Morgan fingerprint density at radius 1 is 1.39 bits per heavy atom. The molecule has 0 bridgehead atoms. The molecule has 0 amide bonds. The number of rotatable bonds is 2. The van der Waals surface area contributed by atoms with Crippen molar-refractivity contribution in [3.63, 3.8) is 0 Å². The van der Waals surface area contributed by atoms with Crippen molar-refractivity contribution in [1.29, 1.82) is 0 Å². The van der Waals surface area contributed by atoms with Crippen LogP contribution in [0.3, 0.4) is 0 Å². The van der Waals surface area contributed by atoms with E-state index in [1.807, 2.05) is 6.92 Å². The average molecular weight is 266 g/mol. The van der Waals surface area contributed by atoms with Crippen molar-refractivity contribution in [2.75, 3.05) is 13.1 Å². The summed E-state index contributed by atoms with van der Waals surface area (Å²) < 4.78 is 38.9. The number of alkyl halides is 3. The van der Waals surface area contributed by atoms with Crippen LogP contribution < -0.4 is 5.73 Å². The Bertz CT molecular complexity index is 358. The molecule has 0 aromatic carbocycles. The maximum absolute atomic E-state index is 11.8. The molecule has 0 saturated carbocycles. The van der Waals surface area contributed by atoms with Gasteiger partial charge in [0.2, 0.25) is 0 Å². The molecule has 102 valence electrons. The average Bonchev–Trinajstić information content (AvgIpc) is 2.54. The van der Waals surface area contributed by atoms with Crippen molar-refractivity contribution in [3.05, 3.63) is 12.3 Å². The van der Waals surface area contributed by atoms with Gasteiger partial charge in [0.05, 0.1) is 0 Å². The fourth-order valence-corrected chi connectivity index (χ4v) is 1.50. The SMILES string of the molecule is C[C@@H]1CN(C=CC(=O)OC(=O)C(F)(F)F)C[C@@H]1N. The third-order valence-electron chi connectivity index (χ3n) is 2.54. The molecule has 18 heavy (non-hydrogen) atoms. The number of nitrogens with zero attached hydrogens (tertiary/aromatic N) is 1. The van der Waals surface area contributed by atoms with Gasteiger partial charge in [-0.1, -0.05) is 6.92 Å². The van der Waals surface area contributed by atoms with E-state index in [0.29, 0.717) is 13.1 Å². The zero-order valence-corrected chi connectivity index (χ0v) is 9.61. The lowest BCUT2D eigenvalue weighted by Gasteiger charge is -2.10. The minimum absolute atomic E-state index is 0.0533. The molecule has 1 aliphatic heterocycles. The normalized spacial score (nSPS) is 24.6. The van der Waals surface area contributed by atoms with E-state index in [2.05, 4.69) is 4.74 Å². The predicted octanol–water partition coefficient (Wildman–Crippen LogP) is 0.411. The Hall–Kier alpha value is -1.57. The second-order valence-corrected chi connectivity index (χ2v) is 4.12. The third kappa shape index (κ3) is 4.02. The largest absolute Gasteiger partial charge is 0.491 e. The van der Waals surface area contributed by atoms with Gasteiger partial charge in [0.1, 0.15) is 0 Å². The van der Waals surface area contributed by atoms with Gasteiger partial charge in [-0.2, -0.15) is 13.2 Å². The number of halogens is 3. The summed E-state index contributed by atoms with van der Waals surface area (Å²) in [7, 11) is 0. The number of ether oxygens (including phenoxy) is 1. The number of hydrogen-bond donors (Lipinski definition) is 1. The molecule has 0 spiro atoms. The first-order chi connectivity index (χ1) is 8.20. The van der Waals surface area contributed by atoms with Crippen molar-refractivity contribution < 1.29 is 27.5 Å². The van der Waals surface area contributed by atoms with Gasteiger partial charge in [0.25, 0.3) is 0 Å². The highest BCUT2D eigenvalue weighted by atomic mass is 19.4. The van der Waals surface area contributed by atoms with Crippen LogP contribution in [0.25, 0.3) is 0 Å². The number of carbonyl (C=O) groups excluding carboxylic acids is 2. The highest BCUT2D eigenvalue weighted by molar-refractivity contribution is 5.93. The molecule has 1 aliphatic rings. The molecular weight excluding hydrogens is 253 g/mol. The molecule has 1 rings (SSSR count). The lowest BCUT2D eigenvalue weighted by atomic mass is 10.1. The smallest absolute Gasteiger partial charge is 0.383 e. The third-order valence-corrected chi connectivity index (χ3v) is 2.54. The van der Waals surface area contributed by atoms with Crippen LogP contribution in [-0.2, 0) is 14.3 Å². The molecular formula is C10H13F3N2O3. The van der Waals surface area contributed by atoms with Crippen LogP contribution >= 0.6 is 0 Å². The minimum Gasteiger partial charge on any atom is -0.383 e.